The second kappa shape index (κ2) is 7.80. The number of aromatic nitrogens is 4. The minimum atomic E-state index is 0.0521. The van der Waals surface area contributed by atoms with Crippen molar-refractivity contribution in [1.82, 2.24) is 24.8 Å². The lowest BCUT2D eigenvalue weighted by atomic mass is 9.94. The summed E-state index contributed by atoms with van der Waals surface area (Å²) in [5.74, 6) is 2.24. The first-order chi connectivity index (χ1) is 13.1. The minimum absolute atomic E-state index is 0.0521. The number of likely N-dealkylation sites (tertiary alicyclic amines) is 1. The van der Waals surface area contributed by atoms with Crippen molar-refractivity contribution in [3.63, 3.8) is 0 Å². The highest BCUT2D eigenvalue weighted by Crippen LogP contribution is 2.26. The van der Waals surface area contributed by atoms with Gasteiger partial charge in [-0.15, -0.1) is 0 Å². The highest BCUT2D eigenvalue weighted by molar-refractivity contribution is 5.92. The van der Waals surface area contributed by atoms with Gasteiger partial charge in [-0.1, -0.05) is 5.16 Å². The van der Waals surface area contributed by atoms with Gasteiger partial charge >= 0.3 is 0 Å². The monoisotopic (exact) mass is 373 g/mol. The predicted molar refractivity (Wildman–Crippen MR) is 97.4 cm³/mol. The van der Waals surface area contributed by atoms with Crippen molar-refractivity contribution in [2.45, 2.75) is 44.9 Å². The molecule has 146 valence electrons. The molecule has 1 unspecified atom stereocenters. The summed E-state index contributed by atoms with van der Waals surface area (Å²) in [5.41, 5.74) is 1.51. The van der Waals surface area contributed by atoms with E-state index < -0.39 is 0 Å². The topological polar surface area (TPSA) is 86.3 Å². The first kappa shape index (κ1) is 18.2. The first-order valence-electron chi connectivity index (χ1n) is 9.80. The Labute approximate surface area is 158 Å². The molecule has 1 atom stereocenters. The molecule has 0 spiro atoms. The van der Waals surface area contributed by atoms with Crippen LogP contribution in [-0.4, -0.2) is 57.0 Å². The second-order valence-electron chi connectivity index (χ2n) is 7.69. The largest absolute Gasteiger partial charge is 0.381 e. The van der Waals surface area contributed by atoms with Gasteiger partial charge in [0.05, 0.1) is 5.69 Å². The number of amides is 1. The molecule has 2 saturated heterocycles. The molecule has 1 amide bonds. The maximum Gasteiger partial charge on any atom is 0.272 e. The van der Waals surface area contributed by atoms with Crippen molar-refractivity contribution in [2.24, 2.45) is 13.0 Å². The molecule has 2 aromatic rings. The Bertz CT molecular complexity index is 793. The highest BCUT2D eigenvalue weighted by atomic mass is 16.5. The number of carbonyl (C=O) groups excluding carboxylic acids is 1. The van der Waals surface area contributed by atoms with E-state index in [1.165, 1.54) is 0 Å². The smallest absolute Gasteiger partial charge is 0.272 e. The van der Waals surface area contributed by atoms with Crippen molar-refractivity contribution in [3.8, 4) is 0 Å². The van der Waals surface area contributed by atoms with Gasteiger partial charge in [-0.25, -0.2) is 0 Å². The maximum absolute atomic E-state index is 12.8. The van der Waals surface area contributed by atoms with Crippen LogP contribution in [0.15, 0.2) is 10.6 Å². The lowest BCUT2D eigenvalue weighted by molar-refractivity contribution is 0.0657. The van der Waals surface area contributed by atoms with Crippen molar-refractivity contribution in [1.29, 1.82) is 0 Å². The number of rotatable bonds is 4. The Balaban J connectivity index is 1.38. The molecule has 27 heavy (non-hydrogen) atoms. The van der Waals surface area contributed by atoms with Gasteiger partial charge in [0.2, 0.25) is 5.89 Å². The summed E-state index contributed by atoms with van der Waals surface area (Å²) in [5, 5.41) is 8.48. The third-order valence-corrected chi connectivity index (χ3v) is 5.56. The zero-order valence-electron chi connectivity index (χ0n) is 16.1. The summed E-state index contributed by atoms with van der Waals surface area (Å²) < 4.78 is 12.6. The van der Waals surface area contributed by atoms with E-state index in [1.54, 1.807) is 4.68 Å². The highest BCUT2D eigenvalue weighted by Gasteiger charge is 2.28. The number of carbonyl (C=O) groups is 1. The molecule has 0 N–H and O–H groups in total. The molecule has 0 aliphatic carbocycles. The summed E-state index contributed by atoms with van der Waals surface area (Å²) in [7, 11) is 1.82. The number of hydrogen-bond acceptors (Lipinski definition) is 6. The summed E-state index contributed by atoms with van der Waals surface area (Å²) in [6.45, 7) is 4.94. The Morgan fingerprint density at radius 3 is 2.85 bits per heavy atom. The van der Waals surface area contributed by atoms with Crippen LogP contribution in [-0.2, 0) is 18.2 Å². The zero-order valence-corrected chi connectivity index (χ0v) is 16.1. The number of aryl methyl sites for hydroxylation is 2. The van der Waals surface area contributed by atoms with Gasteiger partial charge < -0.3 is 14.2 Å². The first-order valence-corrected chi connectivity index (χ1v) is 9.80. The molecular formula is C19H27N5O3. The van der Waals surface area contributed by atoms with Gasteiger partial charge in [0.1, 0.15) is 5.69 Å². The summed E-state index contributed by atoms with van der Waals surface area (Å²) in [6.07, 6.45) is 4.70. The van der Waals surface area contributed by atoms with Gasteiger partial charge in [0, 0.05) is 45.7 Å². The van der Waals surface area contributed by atoms with Crippen LogP contribution in [0.5, 0.6) is 0 Å². The molecule has 4 heterocycles. The van der Waals surface area contributed by atoms with Gasteiger partial charge in [-0.2, -0.15) is 10.1 Å². The third-order valence-electron chi connectivity index (χ3n) is 5.56. The molecule has 4 rings (SSSR count). The van der Waals surface area contributed by atoms with E-state index in [-0.39, 0.29) is 5.91 Å². The van der Waals surface area contributed by atoms with E-state index in [0.717, 1.165) is 69.9 Å². The fourth-order valence-electron chi connectivity index (χ4n) is 4.11. The van der Waals surface area contributed by atoms with E-state index in [0.29, 0.717) is 23.4 Å². The van der Waals surface area contributed by atoms with Crippen LogP contribution in [0.25, 0.3) is 0 Å². The molecule has 2 aliphatic heterocycles. The van der Waals surface area contributed by atoms with Crippen LogP contribution in [0.1, 0.15) is 59.5 Å². The number of piperidine rings is 1. The lowest BCUT2D eigenvalue weighted by Crippen LogP contribution is -2.41. The fraction of sp³-hybridized carbons (Fsp3) is 0.684. The quantitative estimate of drug-likeness (QED) is 0.816. The molecular weight excluding hydrogens is 346 g/mol. The zero-order chi connectivity index (χ0) is 18.8. The molecule has 0 bridgehead atoms. The van der Waals surface area contributed by atoms with E-state index >= 15 is 0 Å². The summed E-state index contributed by atoms with van der Waals surface area (Å²) >= 11 is 0. The molecule has 2 aromatic heterocycles. The number of hydrogen-bond donors (Lipinski definition) is 0. The molecule has 0 aromatic carbocycles. The molecule has 2 fully saturated rings. The minimum Gasteiger partial charge on any atom is -0.381 e. The van der Waals surface area contributed by atoms with Crippen LogP contribution in [0, 0.1) is 12.8 Å². The SMILES string of the molecule is Cc1cc(C(=O)N2CCCC(Cc3nc(C4CCOCC4)no3)C2)n(C)n1. The fourth-order valence-corrected chi connectivity index (χ4v) is 4.11. The normalized spacial score (nSPS) is 21.6. The van der Waals surface area contributed by atoms with Crippen LogP contribution in [0.3, 0.4) is 0 Å². The Morgan fingerprint density at radius 2 is 2.11 bits per heavy atom. The van der Waals surface area contributed by atoms with Gasteiger partial charge in [-0.05, 0) is 44.6 Å². The number of ether oxygens (including phenoxy) is 1. The average molecular weight is 373 g/mol. The Morgan fingerprint density at radius 1 is 1.30 bits per heavy atom. The van der Waals surface area contributed by atoms with E-state index in [9.17, 15) is 4.79 Å². The van der Waals surface area contributed by atoms with Gasteiger partial charge in [-0.3, -0.25) is 9.48 Å². The molecule has 8 nitrogen and oxygen atoms in total. The summed E-state index contributed by atoms with van der Waals surface area (Å²) in [4.78, 5) is 19.4. The number of nitrogens with zero attached hydrogens (tertiary/aromatic N) is 5. The van der Waals surface area contributed by atoms with Gasteiger partial charge in [0.25, 0.3) is 5.91 Å². The van der Waals surface area contributed by atoms with E-state index in [4.69, 9.17) is 9.26 Å². The Hall–Kier alpha value is -2.22. The van der Waals surface area contributed by atoms with Crippen molar-refractivity contribution in [2.75, 3.05) is 26.3 Å². The van der Waals surface area contributed by atoms with Crippen molar-refractivity contribution in [3.05, 3.63) is 29.2 Å². The Kier molecular flexibility index (Phi) is 5.24. The van der Waals surface area contributed by atoms with Crippen LogP contribution < -0.4 is 0 Å². The van der Waals surface area contributed by atoms with Crippen LogP contribution in [0.2, 0.25) is 0 Å². The summed E-state index contributed by atoms with van der Waals surface area (Å²) in [6, 6.07) is 1.85. The molecule has 8 heteroatoms. The van der Waals surface area contributed by atoms with Crippen molar-refractivity contribution >= 4 is 5.91 Å². The molecule has 0 radical (unpaired) electrons. The van der Waals surface area contributed by atoms with E-state index in [2.05, 4.69) is 15.2 Å². The van der Waals surface area contributed by atoms with E-state index in [1.807, 2.05) is 24.9 Å². The second-order valence-corrected chi connectivity index (χ2v) is 7.69. The van der Waals surface area contributed by atoms with Gasteiger partial charge in [0.15, 0.2) is 5.82 Å². The predicted octanol–water partition coefficient (Wildman–Crippen LogP) is 2.10. The molecule has 2 aliphatic rings. The third kappa shape index (κ3) is 4.05. The lowest BCUT2D eigenvalue weighted by Gasteiger charge is -2.32. The van der Waals surface area contributed by atoms with Crippen molar-refractivity contribution < 1.29 is 14.1 Å². The molecule has 0 saturated carbocycles. The van der Waals surface area contributed by atoms with Crippen LogP contribution in [0.4, 0.5) is 0 Å². The van der Waals surface area contributed by atoms with Crippen LogP contribution >= 0.6 is 0 Å². The average Bonchev–Trinajstić information content (AvgIpc) is 3.28. The standard InChI is InChI=1S/C19H27N5O3/c1-13-10-16(23(2)21-13)19(25)24-7-3-4-14(12-24)11-17-20-18(22-27-17)15-5-8-26-9-6-15/h10,14-15H,3-9,11-12H2,1-2H3. The maximum atomic E-state index is 12.8.